The Kier molecular flexibility index (Phi) is 7.86. The predicted octanol–water partition coefficient (Wildman–Crippen LogP) is 4.00. The van der Waals surface area contributed by atoms with Crippen molar-refractivity contribution in [3.63, 3.8) is 0 Å². The minimum atomic E-state index is -1.27. The molecule has 0 aromatic heterocycles. The summed E-state index contributed by atoms with van der Waals surface area (Å²) in [5.74, 6) is -3.19. The number of benzene rings is 2. The second-order valence-corrected chi connectivity index (χ2v) is 10.9. The van der Waals surface area contributed by atoms with Crippen LogP contribution in [0.3, 0.4) is 0 Å². The molecule has 3 aliphatic rings. The number of likely N-dealkylation sites (tertiary alicyclic amines) is 1. The number of amides is 2. The van der Waals surface area contributed by atoms with Crippen LogP contribution in [0.5, 0.6) is 0 Å². The minimum Gasteiger partial charge on any atom is -0.461 e. The Balaban J connectivity index is 1.66. The largest absolute Gasteiger partial charge is 0.461 e. The molecule has 8 nitrogen and oxygen atoms in total. The molecule has 6 atom stereocenters. The van der Waals surface area contributed by atoms with Crippen molar-refractivity contribution < 1.29 is 29.0 Å². The van der Waals surface area contributed by atoms with Crippen molar-refractivity contribution in [2.45, 2.75) is 43.6 Å². The third kappa shape index (κ3) is 4.35. The van der Waals surface area contributed by atoms with Gasteiger partial charge in [-0.15, -0.1) is 6.58 Å². The third-order valence-corrected chi connectivity index (χ3v) is 8.62. The highest BCUT2D eigenvalue weighted by atomic mass is 35.5. The van der Waals surface area contributed by atoms with E-state index in [2.05, 4.69) is 13.2 Å². The number of hydrogen-bond donors (Lipinski definition) is 1. The number of anilines is 1. The van der Waals surface area contributed by atoms with E-state index in [-0.39, 0.29) is 13.2 Å². The van der Waals surface area contributed by atoms with Crippen LogP contribution < -0.4 is 4.90 Å². The molecule has 3 fully saturated rings. The average Bonchev–Trinajstić information content (AvgIpc) is 3.59. The highest BCUT2D eigenvalue weighted by Gasteiger charge is 2.75. The molecule has 0 radical (unpaired) electrons. The number of hydrogen-bond acceptors (Lipinski definition) is 6. The quantitative estimate of drug-likeness (QED) is 0.346. The topological polar surface area (TPSA) is 96.4 Å². The fourth-order valence-corrected chi connectivity index (χ4v) is 7.10. The van der Waals surface area contributed by atoms with E-state index < -0.39 is 60.0 Å². The molecule has 3 heterocycles. The Bertz CT molecular complexity index is 1310. The third-order valence-electron chi connectivity index (χ3n) is 8.32. The Morgan fingerprint density at radius 2 is 1.98 bits per heavy atom. The molecular weight excluding hydrogens is 532 g/mol. The molecule has 2 bridgehead atoms. The summed E-state index contributed by atoms with van der Waals surface area (Å²) in [6, 6.07) is 12.5. The molecule has 3 aliphatic heterocycles. The summed E-state index contributed by atoms with van der Waals surface area (Å²) in [6.07, 6.45) is 3.41. The summed E-state index contributed by atoms with van der Waals surface area (Å²) in [5.41, 5.74) is 0.679. The molecule has 2 unspecified atom stereocenters. The Hall–Kier alpha value is -3.46. The summed E-state index contributed by atoms with van der Waals surface area (Å²) in [6.45, 7) is 9.01. The van der Waals surface area contributed by atoms with Gasteiger partial charge >= 0.3 is 5.97 Å². The fraction of sp³-hybridized carbons (Fsp3) is 0.387. The van der Waals surface area contributed by atoms with Crippen LogP contribution in [0.1, 0.15) is 30.0 Å². The van der Waals surface area contributed by atoms with E-state index in [0.29, 0.717) is 29.1 Å². The van der Waals surface area contributed by atoms with Gasteiger partial charge in [-0.05, 0) is 37.0 Å². The molecule has 1 N–H and O–H groups in total. The fourth-order valence-electron chi connectivity index (χ4n) is 6.77. The maximum absolute atomic E-state index is 14.8. The van der Waals surface area contributed by atoms with Gasteiger partial charge in [-0.2, -0.15) is 0 Å². The number of aliphatic hydroxyl groups excluding tert-OH is 1. The number of nitrogens with zero attached hydrogens (tertiary/aromatic N) is 2. The highest BCUT2D eigenvalue weighted by molar-refractivity contribution is 6.34. The van der Waals surface area contributed by atoms with Gasteiger partial charge < -0.3 is 24.4 Å². The number of ether oxygens (including phenoxy) is 2. The first-order chi connectivity index (χ1) is 19.3. The first-order valence-electron chi connectivity index (χ1n) is 13.4. The smallest absolute Gasteiger partial charge is 0.312 e. The van der Waals surface area contributed by atoms with Gasteiger partial charge in [-0.1, -0.05) is 72.8 Å². The molecule has 2 aromatic rings. The van der Waals surface area contributed by atoms with Gasteiger partial charge in [0.25, 0.3) is 5.91 Å². The minimum absolute atomic E-state index is 0.00418. The number of rotatable bonds is 10. The Labute approximate surface area is 238 Å². The van der Waals surface area contributed by atoms with Crippen LogP contribution in [0.2, 0.25) is 5.02 Å². The number of fused-ring (bicyclic) bond motifs is 1. The molecule has 2 amide bonds. The number of esters is 1. The van der Waals surface area contributed by atoms with E-state index in [1.165, 1.54) is 15.9 Å². The lowest BCUT2D eigenvalue weighted by Crippen LogP contribution is -2.57. The zero-order chi connectivity index (χ0) is 28.6. The van der Waals surface area contributed by atoms with Crippen LogP contribution in [0.15, 0.2) is 73.8 Å². The second-order valence-electron chi connectivity index (χ2n) is 10.5. The number of carbonyl (C=O) groups is 3. The predicted molar refractivity (Wildman–Crippen MR) is 151 cm³/mol. The van der Waals surface area contributed by atoms with E-state index in [1.54, 1.807) is 30.3 Å². The molecule has 2 aromatic carbocycles. The van der Waals surface area contributed by atoms with E-state index in [0.717, 1.165) is 5.56 Å². The number of carbonyl (C=O) groups excluding carboxylic acids is 3. The maximum Gasteiger partial charge on any atom is 0.312 e. The van der Waals surface area contributed by atoms with Crippen molar-refractivity contribution in [1.29, 1.82) is 0 Å². The molecule has 40 heavy (non-hydrogen) atoms. The molecule has 5 rings (SSSR count). The summed E-state index contributed by atoms with van der Waals surface area (Å²) < 4.78 is 11.9. The van der Waals surface area contributed by atoms with Crippen LogP contribution in [0, 0.1) is 18.8 Å². The lowest BCUT2D eigenvalue weighted by molar-refractivity contribution is -0.154. The van der Waals surface area contributed by atoms with Crippen LogP contribution in [0.4, 0.5) is 5.69 Å². The molecule has 0 aliphatic carbocycles. The van der Waals surface area contributed by atoms with E-state index in [9.17, 15) is 19.5 Å². The average molecular weight is 565 g/mol. The number of para-hydroxylation sites is 1. The standard InChI is InChI=1S/C31H33ClN2O6/c1-4-16-33(26-19(3)10-9-13-21(26)32)29(37)27-31-15-14-23(40-31)24(30(38)39-17-5-2)25(31)28(36)34(27)22(18-35)20-11-7-6-8-12-20/h4-13,22-25,27,35H,1-2,14-18H2,3H3/t22-,23+,24-,25+,27?,31?/m1/s1. The lowest BCUT2D eigenvalue weighted by atomic mass is 9.70. The zero-order valence-corrected chi connectivity index (χ0v) is 23.1. The molecule has 3 saturated heterocycles. The molecule has 9 heteroatoms. The molecule has 1 spiro atoms. The van der Waals surface area contributed by atoms with Gasteiger partial charge in [-0.25, -0.2) is 0 Å². The maximum atomic E-state index is 14.8. The Morgan fingerprint density at radius 3 is 2.62 bits per heavy atom. The molecule has 210 valence electrons. The molecule has 0 saturated carbocycles. The van der Waals surface area contributed by atoms with Gasteiger partial charge in [0, 0.05) is 6.54 Å². The first-order valence-corrected chi connectivity index (χ1v) is 13.8. The first kappa shape index (κ1) is 28.1. The van der Waals surface area contributed by atoms with Crippen molar-refractivity contribution in [3.8, 4) is 0 Å². The molecular formula is C31H33ClN2O6. The van der Waals surface area contributed by atoms with Crippen LogP contribution in [0.25, 0.3) is 0 Å². The van der Waals surface area contributed by atoms with Crippen molar-refractivity contribution in [2.24, 2.45) is 11.8 Å². The number of aliphatic hydroxyl groups is 1. The van der Waals surface area contributed by atoms with E-state index >= 15 is 0 Å². The number of aryl methyl sites for hydroxylation is 1. The monoisotopic (exact) mass is 564 g/mol. The Morgan fingerprint density at radius 1 is 1.23 bits per heavy atom. The van der Waals surface area contributed by atoms with Crippen LogP contribution in [-0.4, -0.2) is 65.3 Å². The second kappa shape index (κ2) is 11.2. The van der Waals surface area contributed by atoms with Gasteiger partial charge in [0.05, 0.1) is 41.3 Å². The SMILES string of the molecule is C=CCOC(=O)[C@@H]1[C@@H]2CCC3(O2)C(C(=O)N(CC=C)c2c(C)cccc2Cl)N([C@H](CO)c2ccccc2)C(=O)[C@H]13. The van der Waals surface area contributed by atoms with Crippen LogP contribution in [-0.2, 0) is 23.9 Å². The van der Waals surface area contributed by atoms with Gasteiger partial charge in [0.15, 0.2) is 0 Å². The lowest BCUT2D eigenvalue weighted by Gasteiger charge is -2.39. The summed E-state index contributed by atoms with van der Waals surface area (Å²) >= 11 is 6.61. The van der Waals surface area contributed by atoms with Crippen LogP contribution >= 0.6 is 11.6 Å². The summed E-state index contributed by atoms with van der Waals surface area (Å²) in [4.78, 5) is 45.3. The van der Waals surface area contributed by atoms with Gasteiger partial charge in [0.1, 0.15) is 18.2 Å². The van der Waals surface area contributed by atoms with Crippen molar-refractivity contribution in [1.82, 2.24) is 4.90 Å². The van der Waals surface area contributed by atoms with Gasteiger partial charge in [0.2, 0.25) is 5.91 Å². The normalized spacial score (nSPS) is 27.3. The summed E-state index contributed by atoms with van der Waals surface area (Å²) in [7, 11) is 0. The zero-order valence-electron chi connectivity index (χ0n) is 22.4. The number of halogens is 1. The van der Waals surface area contributed by atoms with Gasteiger partial charge in [-0.3, -0.25) is 14.4 Å². The van der Waals surface area contributed by atoms with E-state index in [4.69, 9.17) is 21.1 Å². The van der Waals surface area contributed by atoms with Crippen molar-refractivity contribution in [3.05, 3.63) is 90.0 Å². The van der Waals surface area contributed by atoms with Crippen molar-refractivity contribution in [2.75, 3.05) is 24.7 Å². The van der Waals surface area contributed by atoms with Crippen molar-refractivity contribution >= 4 is 35.1 Å². The summed E-state index contributed by atoms with van der Waals surface area (Å²) in [5, 5.41) is 11.0. The van der Waals surface area contributed by atoms with E-state index in [1.807, 2.05) is 31.2 Å². The highest BCUT2D eigenvalue weighted by Crippen LogP contribution is 2.60.